The Morgan fingerprint density at radius 2 is 2.25 bits per heavy atom. The van der Waals surface area contributed by atoms with Gasteiger partial charge in [0.1, 0.15) is 0 Å². The number of aromatic nitrogens is 2. The first-order chi connectivity index (χ1) is 9.70. The van der Waals surface area contributed by atoms with Gasteiger partial charge in [0.25, 0.3) is 0 Å². The zero-order valence-electron chi connectivity index (χ0n) is 10.8. The van der Waals surface area contributed by atoms with Gasteiger partial charge in [-0.25, -0.2) is 0 Å². The highest BCUT2D eigenvalue weighted by Crippen LogP contribution is 2.31. The van der Waals surface area contributed by atoms with E-state index in [0.717, 1.165) is 16.7 Å². The van der Waals surface area contributed by atoms with Crippen molar-refractivity contribution in [3.63, 3.8) is 0 Å². The molecule has 0 saturated carbocycles. The molecule has 0 aliphatic heterocycles. The van der Waals surface area contributed by atoms with Gasteiger partial charge < -0.3 is 19.8 Å². The smallest absolute Gasteiger partial charge is 0.320 e. The Morgan fingerprint density at radius 1 is 1.40 bits per heavy atom. The molecule has 6 nitrogen and oxygen atoms in total. The third-order valence-electron chi connectivity index (χ3n) is 2.42. The minimum atomic E-state index is 0.316. The second-order valence-electron chi connectivity index (χ2n) is 3.90. The van der Waals surface area contributed by atoms with E-state index in [1.54, 1.807) is 13.2 Å². The monoisotopic (exact) mass is 360 g/mol. The Bertz CT molecular complexity index is 564. The van der Waals surface area contributed by atoms with Gasteiger partial charge in [0, 0.05) is 13.7 Å². The highest BCUT2D eigenvalue weighted by Gasteiger charge is 2.09. The van der Waals surface area contributed by atoms with Crippen molar-refractivity contribution in [3.05, 3.63) is 33.6 Å². The van der Waals surface area contributed by atoms with E-state index in [2.05, 4.69) is 36.8 Å². The predicted octanol–water partition coefficient (Wildman–Crippen LogP) is 2.97. The molecule has 1 aromatic heterocycles. The molecule has 0 spiro atoms. The number of halogens is 2. The Hall–Kier alpha value is -1.15. The Morgan fingerprint density at radius 3 is 3.05 bits per heavy atom. The van der Waals surface area contributed by atoms with Crippen LogP contribution in [0.1, 0.15) is 5.89 Å². The SMILES string of the molecule is COCCNCc1nnc(Nc2cccc(Cl)c2Br)o1. The van der Waals surface area contributed by atoms with Crippen molar-refractivity contribution < 1.29 is 9.15 Å². The van der Waals surface area contributed by atoms with Gasteiger partial charge in [-0.1, -0.05) is 22.8 Å². The van der Waals surface area contributed by atoms with E-state index < -0.39 is 0 Å². The molecule has 20 heavy (non-hydrogen) atoms. The van der Waals surface area contributed by atoms with Gasteiger partial charge in [0.15, 0.2) is 0 Å². The molecule has 1 aromatic carbocycles. The van der Waals surface area contributed by atoms with Crippen LogP contribution >= 0.6 is 27.5 Å². The van der Waals surface area contributed by atoms with Gasteiger partial charge in [-0.15, -0.1) is 5.10 Å². The van der Waals surface area contributed by atoms with Crippen LogP contribution in [0, 0.1) is 0 Å². The van der Waals surface area contributed by atoms with Crippen LogP contribution in [0.5, 0.6) is 0 Å². The number of ether oxygens (including phenoxy) is 1. The highest BCUT2D eigenvalue weighted by atomic mass is 79.9. The summed E-state index contributed by atoms with van der Waals surface area (Å²) in [6.07, 6.45) is 0. The summed E-state index contributed by atoms with van der Waals surface area (Å²) in [6, 6.07) is 5.79. The molecule has 0 unspecified atom stereocenters. The molecule has 0 amide bonds. The molecule has 0 aliphatic carbocycles. The number of hydrogen-bond acceptors (Lipinski definition) is 6. The lowest BCUT2D eigenvalue weighted by Gasteiger charge is -2.05. The van der Waals surface area contributed by atoms with E-state index in [1.807, 2.05) is 12.1 Å². The molecule has 0 radical (unpaired) electrons. The molecule has 2 aromatic rings. The normalized spacial score (nSPS) is 10.8. The van der Waals surface area contributed by atoms with E-state index in [9.17, 15) is 0 Å². The fourth-order valence-corrected chi connectivity index (χ4v) is 2.00. The summed E-state index contributed by atoms with van der Waals surface area (Å²) in [7, 11) is 1.65. The summed E-state index contributed by atoms with van der Waals surface area (Å²) in [5, 5.41) is 14.6. The fourth-order valence-electron chi connectivity index (χ4n) is 1.46. The molecule has 0 fully saturated rings. The maximum atomic E-state index is 6.01. The third-order valence-corrected chi connectivity index (χ3v) is 3.82. The molecular formula is C12H14BrClN4O2. The standard InChI is InChI=1S/C12H14BrClN4O2/c1-19-6-5-15-7-10-17-18-12(20-10)16-9-4-2-3-8(14)11(9)13/h2-4,15H,5-7H2,1H3,(H,16,18). The average Bonchev–Trinajstić information content (AvgIpc) is 2.88. The summed E-state index contributed by atoms with van der Waals surface area (Å²) in [6.45, 7) is 1.85. The molecule has 108 valence electrons. The van der Waals surface area contributed by atoms with Crippen LogP contribution in [0.3, 0.4) is 0 Å². The first-order valence-electron chi connectivity index (χ1n) is 5.94. The molecule has 8 heteroatoms. The molecule has 0 bridgehead atoms. The molecule has 2 rings (SSSR count). The summed E-state index contributed by atoms with van der Waals surface area (Å²) in [5.41, 5.74) is 0.764. The minimum absolute atomic E-state index is 0.316. The average molecular weight is 362 g/mol. The number of methoxy groups -OCH3 is 1. The number of benzene rings is 1. The van der Waals surface area contributed by atoms with E-state index in [-0.39, 0.29) is 0 Å². The van der Waals surface area contributed by atoms with Gasteiger partial charge in [-0.05, 0) is 28.1 Å². The number of rotatable bonds is 7. The molecule has 0 atom stereocenters. The maximum Gasteiger partial charge on any atom is 0.320 e. The van der Waals surface area contributed by atoms with Gasteiger partial charge in [-0.2, -0.15) is 0 Å². The van der Waals surface area contributed by atoms with Crippen molar-refractivity contribution in [2.45, 2.75) is 6.54 Å². The minimum Gasteiger partial charge on any atom is -0.406 e. The third kappa shape index (κ3) is 4.17. The second kappa shape index (κ2) is 7.58. The van der Waals surface area contributed by atoms with Gasteiger partial charge in [0.05, 0.1) is 28.3 Å². The fraction of sp³-hybridized carbons (Fsp3) is 0.333. The molecule has 1 heterocycles. The Balaban J connectivity index is 1.94. The van der Waals surface area contributed by atoms with Gasteiger partial charge in [0.2, 0.25) is 5.89 Å². The maximum absolute atomic E-state index is 6.01. The Labute approximate surface area is 130 Å². The Kier molecular flexibility index (Phi) is 5.78. The van der Waals surface area contributed by atoms with Crippen LogP contribution in [0.25, 0.3) is 0 Å². The first-order valence-corrected chi connectivity index (χ1v) is 7.11. The summed E-state index contributed by atoms with van der Waals surface area (Å²) >= 11 is 9.40. The molecule has 0 saturated heterocycles. The van der Waals surface area contributed by atoms with Crippen molar-refractivity contribution in [2.75, 3.05) is 25.6 Å². The van der Waals surface area contributed by atoms with Crippen molar-refractivity contribution >= 4 is 39.2 Å². The van der Waals surface area contributed by atoms with E-state index in [4.69, 9.17) is 20.8 Å². The zero-order valence-corrected chi connectivity index (χ0v) is 13.2. The van der Waals surface area contributed by atoms with Crippen LogP contribution in [0.15, 0.2) is 27.1 Å². The van der Waals surface area contributed by atoms with Crippen LogP contribution in [-0.4, -0.2) is 30.5 Å². The molecular weight excluding hydrogens is 348 g/mol. The first kappa shape index (κ1) is 15.2. The number of anilines is 2. The van der Waals surface area contributed by atoms with E-state index in [0.29, 0.717) is 30.1 Å². The predicted molar refractivity (Wildman–Crippen MR) is 80.3 cm³/mol. The van der Waals surface area contributed by atoms with Crippen LogP contribution in [-0.2, 0) is 11.3 Å². The van der Waals surface area contributed by atoms with Crippen molar-refractivity contribution in [2.24, 2.45) is 0 Å². The van der Waals surface area contributed by atoms with Crippen LogP contribution in [0.2, 0.25) is 5.02 Å². The van der Waals surface area contributed by atoms with Gasteiger partial charge in [-0.3, -0.25) is 0 Å². The number of nitrogens with zero attached hydrogens (tertiary/aromatic N) is 2. The quantitative estimate of drug-likeness (QED) is 0.739. The van der Waals surface area contributed by atoms with Crippen molar-refractivity contribution in [1.29, 1.82) is 0 Å². The highest BCUT2D eigenvalue weighted by molar-refractivity contribution is 9.10. The molecule has 2 N–H and O–H groups in total. The second-order valence-corrected chi connectivity index (χ2v) is 5.10. The van der Waals surface area contributed by atoms with Crippen molar-refractivity contribution in [3.8, 4) is 0 Å². The van der Waals surface area contributed by atoms with Crippen molar-refractivity contribution in [1.82, 2.24) is 15.5 Å². The summed E-state index contributed by atoms with van der Waals surface area (Å²) in [5.74, 6) is 0.502. The van der Waals surface area contributed by atoms with E-state index >= 15 is 0 Å². The largest absolute Gasteiger partial charge is 0.406 e. The lowest BCUT2D eigenvalue weighted by Crippen LogP contribution is -2.18. The summed E-state index contributed by atoms with van der Waals surface area (Å²) in [4.78, 5) is 0. The van der Waals surface area contributed by atoms with E-state index in [1.165, 1.54) is 0 Å². The number of hydrogen-bond donors (Lipinski definition) is 2. The lowest BCUT2D eigenvalue weighted by molar-refractivity contribution is 0.198. The lowest BCUT2D eigenvalue weighted by atomic mass is 10.3. The van der Waals surface area contributed by atoms with Gasteiger partial charge >= 0.3 is 6.01 Å². The molecule has 0 aliphatic rings. The topological polar surface area (TPSA) is 72.2 Å². The number of nitrogens with one attached hydrogen (secondary N) is 2. The summed E-state index contributed by atoms with van der Waals surface area (Å²) < 4.78 is 11.1. The van der Waals surface area contributed by atoms with Crippen LogP contribution in [0.4, 0.5) is 11.7 Å². The van der Waals surface area contributed by atoms with Crippen LogP contribution < -0.4 is 10.6 Å². The zero-order chi connectivity index (χ0) is 14.4.